The number of carbonyl (C=O) groups is 1. The van der Waals surface area contributed by atoms with Crippen molar-refractivity contribution in [3.8, 4) is 6.07 Å². The van der Waals surface area contributed by atoms with E-state index in [1.807, 2.05) is 25.1 Å². The molecule has 0 bridgehead atoms. The summed E-state index contributed by atoms with van der Waals surface area (Å²) in [6.45, 7) is 3.11. The van der Waals surface area contributed by atoms with Crippen LogP contribution in [0, 0.1) is 18.3 Å². The smallest absolute Gasteiger partial charge is 0.255 e. The molecule has 4 nitrogen and oxygen atoms in total. The highest BCUT2D eigenvalue weighted by Gasteiger charge is 2.36. The van der Waals surface area contributed by atoms with E-state index < -0.39 is 6.04 Å². The van der Waals surface area contributed by atoms with E-state index in [2.05, 4.69) is 6.07 Å². The number of methoxy groups -OCH3 is 1. The molecule has 1 heterocycles. The third-order valence-corrected chi connectivity index (χ3v) is 3.17. The van der Waals surface area contributed by atoms with Crippen LogP contribution in [0.5, 0.6) is 0 Å². The van der Waals surface area contributed by atoms with Gasteiger partial charge in [0.2, 0.25) is 0 Å². The summed E-state index contributed by atoms with van der Waals surface area (Å²) in [5, 5.41) is 9.27. The van der Waals surface area contributed by atoms with Gasteiger partial charge in [-0.2, -0.15) is 5.26 Å². The maximum atomic E-state index is 12.2. The van der Waals surface area contributed by atoms with Crippen molar-refractivity contribution >= 4 is 5.91 Å². The quantitative estimate of drug-likeness (QED) is 0.762. The standard InChI is InChI=1S/C14H16N2O2/c1-10-4-5-11-12(8-10)13(9-15)16(14(11)17)6-3-7-18-2/h4-5,8,13H,3,6-7H2,1-2H3. The molecular weight excluding hydrogens is 228 g/mol. The third-order valence-electron chi connectivity index (χ3n) is 3.17. The van der Waals surface area contributed by atoms with E-state index in [9.17, 15) is 10.1 Å². The predicted octanol–water partition coefficient (Wildman–Crippen LogP) is 2.05. The van der Waals surface area contributed by atoms with Crippen LogP contribution in [-0.2, 0) is 4.74 Å². The van der Waals surface area contributed by atoms with E-state index in [-0.39, 0.29) is 5.91 Å². The van der Waals surface area contributed by atoms with Crippen molar-refractivity contribution in [2.75, 3.05) is 20.3 Å². The Balaban J connectivity index is 2.26. The summed E-state index contributed by atoms with van der Waals surface area (Å²) in [6.07, 6.45) is 0.743. The molecule has 1 aromatic rings. The summed E-state index contributed by atoms with van der Waals surface area (Å²) >= 11 is 0. The lowest BCUT2D eigenvalue weighted by Gasteiger charge is -2.19. The molecule has 0 radical (unpaired) electrons. The van der Waals surface area contributed by atoms with Crippen molar-refractivity contribution < 1.29 is 9.53 Å². The summed E-state index contributed by atoms with van der Waals surface area (Å²) in [4.78, 5) is 13.8. The highest BCUT2D eigenvalue weighted by molar-refractivity contribution is 5.99. The largest absolute Gasteiger partial charge is 0.385 e. The molecule has 0 aromatic heterocycles. The molecule has 1 aliphatic rings. The van der Waals surface area contributed by atoms with Crippen molar-refractivity contribution in [1.82, 2.24) is 4.90 Å². The Morgan fingerprint density at radius 1 is 1.50 bits per heavy atom. The van der Waals surface area contributed by atoms with Crippen molar-refractivity contribution in [2.45, 2.75) is 19.4 Å². The number of nitriles is 1. The van der Waals surface area contributed by atoms with Gasteiger partial charge in [-0.3, -0.25) is 4.79 Å². The Morgan fingerprint density at radius 2 is 2.28 bits per heavy atom. The molecule has 1 atom stereocenters. The lowest BCUT2D eigenvalue weighted by molar-refractivity contribution is 0.0737. The molecule has 0 spiro atoms. The molecule has 18 heavy (non-hydrogen) atoms. The van der Waals surface area contributed by atoms with Crippen LogP contribution in [0.15, 0.2) is 18.2 Å². The molecule has 1 amide bonds. The van der Waals surface area contributed by atoms with Gasteiger partial charge in [-0.05, 0) is 19.4 Å². The monoisotopic (exact) mass is 244 g/mol. The molecule has 1 aliphatic heterocycles. The summed E-state index contributed by atoms with van der Waals surface area (Å²) < 4.78 is 4.98. The molecule has 0 fully saturated rings. The molecule has 1 aromatic carbocycles. The summed E-state index contributed by atoms with van der Waals surface area (Å²) in [5.74, 6) is -0.0485. The van der Waals surface area contributed by atoms with Crippen LogP contribution in [0.25, 0.3) is 0 Å². The number of fused-ring (bicyclic) bond motifs is 1. The minimum Gasteiger partial charge on any atom is -0.385 e. The second kappa shape index (κ2) is 5.19. The Morgan fingerprint density at radius 3 is 2.94 bits per heavy atom. The lowest BCUT2D eigenvalue weighted by Crippen LogP contribution is -2.29. The van der Waals surface area contributed by atoms with E-state index in [1.54, 1.807) is 12.0 Å². The van der Waals surface area contributed by atoms with E-state index in [1.165, 1.54) is 0 Å². The molecule has 2 rings (SSSR count). The predicted molar refractivity (Wildman–Crippen MR) is 67.1 cm³/mol. The first-order valence-corrected chi connectivity index (χ1v) is 5.99. The zero-order valence-electron chi connectivity index (χ0n) is 10.6. The Hall–Kier alpha value is -1.86. The van der Waals surface area contributed by atoms with Crippen LogP contribution in [0.3, 0.4) is 0 Å². The van der Waals surface area contributed by atoms with Crippen molar-refractivity contribution in [3.05, 3.63) is 34.9 Å². The minimum atomic E-state index is -0.454. The van der Waals surface area contributed by atoms with E-state index in [0.29, 0.717) is 18.7 Å². The minimum absolute atomic E-state index is 0.0485. The van der Waals surface area contributed by atoms with E-state index in [4.69, 9.17) is 4.74 Å². The van der Waals surface area contributed by atoms with Gasteiger partial charge in [0.25, 0.3) is 5.91 Å². The average Bonchev–Trinajstić information content (AvgIpc) is 2.62. The highest BCUT2D eigenvalue weighted by Crippen LogP contribution is 2.33. The number of amides is 1. The van der Waals surface area contributed by atoms with Gasteiger partial charge in [0.15, 0.2) is 0 Å². The molecular formula is C14H16N2O2. The van der Waals surface area contributed by atoms with Crippen LogP contribution in [0.1, 0.15) is 33.9 Å². The molecule has 0 aliphatic carbocycles. The van der Waals surface area contributed by atoms with Crippen LogP contribution in [0.2, 0.25) is 0 Å². The number of aryl methyl sites for hydroxylation is 1. The maximum Gasteiger partial charge on any atom is 0.255 e. The van der Waals surface area contributed by atoms with Gasteiger partial charge in [0.1, 0.15) is 6.04 Å². The van der Waals surface area contributed by atoms with Gasteiger partial charge in [0.05, 0.1) is 6.07 Å². The Kier molecular flexibility index (Phi) is 3.63. The average molecular weight is 244 g/mol. The van der Waals surface area contributed by atoms with Gasteiger partial charge in [-0.1, -0.05) is 17.7 Å². The van der Waals surface area contributed by atoms with Crippen LogP contribution < -0.4 is 0 Å². The van der Waals surface area contributed by atoms with E-state index >= 15 is 0 Å². The number of ether oxygens (including phenoxy) is 1. The Bertz CT molecular complexity index is 505. The Labute approximate surface area is 107 Å². The van der Waals surface area contributed by atoms with Crippen molar-refractivity contribution in [3.63, 3.8) is 0 Å². The zero-order valence-corrected chi connectivity index (χ0v) is 10.6. The van der Waals surface area contributed by atoms with Crippen LogP contribution >= 0.6 is 0 Å². The second-order valence-corrected chi connectivity index (χ2v) is 4.47. The van der Waals surface area contributed by atoms with Crippen molar-refractivity contribution in [2.24, 2.45) is 0 Å². The molecule has 94 valence electrons. The molecule has 0 N–H and O–H groups in total. The van der Waals surface area contributed by atoms with Gasteiger partial charge < -0.3 is 9.64 Å². The van der Waals surface area contributed by atoms with Gasteiger partial charge in [-0.15, -0.1) is 0 Å². The number of carbonyl (C=O) groups excluding carboxylic acids is 1. The fourth-order valence-corrected chi connectivity index (χ4v) is 2.29. The first-order valence-electron chi connectivity index (χ1n) is 5.99. The zero-order chi connectivity index (χ0) is 13.1. The third kappa shape index (κ3) is 2.09. The first kappa shape index (κ1) is 12.6. The maximum absolute atomic E-state index is 12.2. The lowest BCUT2D eigenvalue weighted by atomic mass is 10.0. The first-order chi connectivity index (χ1) is 8.69. The highest BCUT2D eigenvalue weighted by atomic mass is 16.5. The number of benzene rings is 1. The van der Waals surface area contributed by atoms with Gasteiger partial charge in [-0.25, -0.2) is 0 Å². The second-order valence-electron chi connectivity index (χ2n) is 4.47. The molecule has 0 saturated carbocycles. The van der Waals surface area contributed by atoms with E-state index in [0.717, 1.165) is 17.5 Å². The fraction of sp³-hybridized carbons (Fsp3) is 0.429. The topological polar surface area (TPSA) is 53.3 Å². The summed E-state index contributed by atoms with van der Waals surface area (Å²) in [5.41, 5.74) is 2.56. The SMILES string of the molecule is COCCCN1C(=O)c2ccc(C)cc2C1C#N. The number of hydrogen-bond acceptors (Lipinski definition) is 3. The summed E-state index contributed by atoms with van der Waals surface area (Å²) in [6, 6.07) is 7.41. The van der Waals surface area contributed by atoms with Crippen LogP contribution in [0.4, 0.5) is 0 Å². The molecule has 4 heteroatoms. The fourth-order valence-electron chi connectivity index (χ4n) is 2.29. The number of hydrogen-bond donors (Lipinski definition) is 0. The normalized spacial score (nSPS) is 17.7. The summed E-state index contributed by atoms with van der Waals surface area (Å²) in [7, 11) is 1.63. The number of nitrogens with zero attached hydrogens (tertiary/aromatic N) is 2. The van der Waals surface area contributed by atoms with Gasteiger partial charge >= 0.3 is 0 Å². The van der Waals surface area contributed by atoms with Gasteiger partial charge in [0, 0.05) is 31.4 Å². The molecule has 0 saturated heterocycles. The van der Waals surface area contributed by atoms with Crippen LogP contribution in [-0.4, -0.2) is 31.1 Å². The molecule has 1 unspecified atom stereocenters. The number of rotatable bonds is 4. The van der Waals surface area contributed by atoms with Crippen molar-refractivity contribution in [1.29, 1.82) is 5.26 Å².